The molecule has 1 aliphatic carbocycles. The highest BCUT2D eigenvalue weighted by Gasteiger charge is 2.24. The van der Waals surface area contributed by atoms with Crippen LogP contribution in [0.4, 0.5) is 0 Å². The van der Waals surface area contributed by atoms with Crippen LogP contribution in [0.2, 0.25) is 0 Å². The summed E-state index contributed by atoms with van der Waals surface area (Å²) in [5.74, 6) is 1.15. The van der Waals surface area contributed by atoms with Crippen molar-refractivity contribution in [3.8, 4) is 0 Å². The minimum atomic E-state index is 0.687. The molecule has 0 spiro atoms. The van der Waals surface area contributed by atoms with E-state index in [1.54, 1.807) is 0 Å². The van der Waals surface area contributed by atoms with Gasteiger partial charge in [-0.1, -0.05) is 0 Å². The van der Waals surface area contributed by atoms with Gasteiger partial charge in [0.1, 0.15) is 5.76 Å². The number of hydrogen-bond donors (Lipinski definition) is 1. The summed E-state index contributed by atoms with van der Waals surface area (Å²) in [5, 5.41) is 3.58. The first-order valence-electron chi connectivity index (χ1n) is 7.90. The molecule has 1 N–H and O–H groups in total. The van der Waals surface area contributed by atoms with Crippen LogP contribution >= 0.6 is 0 Å². The van der Waals surface area contributed by atoms with Crippen LogP contribution in [0, 0.1) is 0 Å². The van der Waals surface area contributed by atoms with Crippen molar-refractivity contribution >= 4 is 0 Å². The quantitative estimate of drug-likeness (QED) is 0.862. The van der Waals surface area contributed by atoms with Crippen molar-refractivity contribution in [2.75, 3.05) is 27.2 Å². The highest BCUT2D eigenvalue weighted by molar-refractivity contribution is 5.17. The fraction of sp³-hybridized carbons (Fsp3) is 0.750. The van der Waals surface area contributed by atoms with Gasteiger partial charge in [-0.2, -0.15) is 0 Å². The molecule has 3 rings (SSSR count). The maximum atomic E-state index is 5.72. The van der Waals surface area contributed by atoms with E-state index in [9.17, 15) is 0 Å². The van der Waals surface area contributed by atoms with Crippen LogP contribution in [0.15, 0.2) is 16.7 Å². The van der Waals surface area contributed by atoms with E-state index in [2.05, 4.69) is 35.3 Å². The molecule has 0 radical (unpaired) electrons. The number of rotatable bonds is 6. The molecule has 1 saturated carbocycles. The highest BCUT2D eigenvalue weighted by Crippen LogP contribution is 2.22. The van der Waals surface area contributed by atoms with E-state index in [-0.39, 0.29) is 0 Å². The first-order chi connectivity index (χ1) is 9.72. The maximum absolute atomic E-state index is 5.72. The highest BCUT2D eigenvalue weighted by atomic mass is 16.3. The van der Waals surface area contributed by atoms with Crippen LogP contribution in [0.1, 0.15) is 37.0 Å². The van der Waals surface area contributed by atoms with Gasteiger partial charge in [0.25, 0.3) is 0 Å². The standard InChI is InChI=1S/C16H27N3O/c1-18(2)15-4-3-8-19(11-15)12-16-13(7-9-20-16)10-17-14-5-6-14/h7,9,14-15,17H,3-6,8,10-12H2,1-2H3. The van der Waals surface area contributed by atoms with Crippen molar-refractivity contribution in [3.63, 3.8) is 0 Å². The van der Waals surface area contributed by atoms with Crippen molar-refractivity contribution in [1.82, 2.24) is 15.1 Å². The molecule has 0 aromatic carbocycles. The summed E-state index contributed by atoms with van der Waals surface area (Å²) in [6, 6.07) is 3.57. The van der Waals surface area contributed by atoms with Crippen molar-refractivity contribution in [2.24, 2.45) is 0 Å². The second-order valence-corrected chi connectivity index (χ2v) is 6.52. The summed E-state index contributed by atoms with van der Waals surface area (Å²) in [6.07, 6.45) is 7.12. The topological polar surface area (TPSA) is 31.6 Å². The van der Waals surface area contributed by atoms with Gasteiger partial charge < -0.3 is 14.6 Å². The second kappa shape index (κ2) is 6.29. The molecule has 4 nitrogen and oxygen atoms in total. The normalized spacial score (nSPS) is 24.4. The smallest absolute Gasteiger partial charge is 0.122 e. The summed E-state index contributed by atoms with van der Waals surface area (Å²) in [6.45, 7) is 4.27. The zero-order chi connectivity index (χ0) is 13.9. The average Bonchev–Trinajstić information content (AvgIpc) is 3.17. The van der Waals surface area contributed by atoms with Crippen molar-refractivity contribution in [1.29, 1.82) is 0 Å². The average molecular weight is 277 g/mol. The van der Waals surface area contributed by atoms with E-state index in [1.807, 2.05) is 6.26 Å². The Labute approximate surface area is 122 Å². The summed E-state index contributed by atoms with van der Waals surface area (Å²) < 4.78 is 5.72. The first-order valence-corrected chi connectivity index (χ1v) is 7.90. The lowest BCUT2D eigenvalue weighted by molar-refractivity contribution is 0.121. The van der Waals surface area contributed by atoms with Crippen molar-refractivity contribution in [2.45, 2.75) is 50.9 Å². The third kappa shape index (κ3) is 3.62. The number of nitrogens with one attached hydrogen (secondary N) is 1. The molecule has 1 aromatic rings. The number of likely N-dealkylation sites (N-methyl/N-ethyl adjacent to an activating group) is 1. The van der Waals surface area contributed by atoms with Crippen LogP contribution in [-0.2, 0) is 13.1 Å². The molecule has 2 fully saturated rings. The molecule has 1 aliphatic heterocycles. The molecule has 4 heteroatoms. The van der Waals surface area contributed by atoms with E-state index >= 15 is 0 Å². The summed E-state index contributed by atoms with van der Waals surface area (Å²) >= 11 is 0. The zero-order valence-electron chi connectivity index (χ0n) is 12.8. The number of piperidine rings is 1. The Morgan fingerprint density at radius 1 is 1.35 bits per heavy atom. The first kappa shape index (κ1) is 14.1. The molecule has 1 atom stereocenters. The Kier molecular flexibility index (Phi) is 4.44. The Morgan fingerprint density at radius 3 is 2.95 bits per heavy atom. The zero-order valence-corrected chi connectivity index (χ0v) is 12.8. The molecular weight excluding hydrogens is 250 g/mol. The largest absolute Gasteiger partial charge is 0.468 e. The third-order valence-corrected chi connectivity index (χ3v) is 4.57. The van der Waals surface area contributed by atoms with Gasteiger partial charge >= 0.3 is 0 Å². The molecule has 112 valence electrons. The van der Waals surface area contributed by atoms with Crippen LogP contribution in [0.25, 0.3) is 0 Å². The van der Waals surface area contributed by atoms with Gasteiger partial charge in [0.2, 0.25) is 0 Å². The SMILES string of the molecule is CN(C)C1CCCN(Cc2occc2CNC2CC2)C1. The Morgan fingerprint density at radius 2 is 2.20 bits per heavy atom. The summed E-state index contributed by atoms with van der Waals surface area (Å²) in [5.41, 5.74) is 1.34. The second-order valence-electron chi connectivity index (χ2n) is 6.52. The minimum absolute atomic E-state index is 0.687. The van der Waals surface area contributed by atoms with E-state index in [4.69, 9.17) is 4.42 Å². The van der Waals surface area contributed by atoms with Crippen LogP contribution < -0.4 is 5.32 Å². The van der Waals surface area contributed by atoms with Gasteiger partial charge in [0, 0.05) is 30.7 Å². The lowest BCUT2D eigenvalue weighted by Gasteiger charge is -2.35. The molecular formula is C16H27N3O. The Bertz CT molecular complexity index is 425. The fourth-order valence-corrected chi connectivity index (χ4v) is 3.00. The molecule has 20 heavy (non-hydrogen) atoms. The molecule has 0 amide bonds. The Balaban J connectivity index is 1.55. The van der Waals surface area contributed by atoms with Crippen LogP contribution in [0.3, 0.4) is 0 Å². The predicted octanol–water partition coefficient (Wildman–Crippen LogP) is 2.06. The number of nitrogens with zero attached hydrogens (tertiary/aromatic N) is 2. The van der Waals surface area contributed by atoms with Gasteiger partial charge in [-0.15, -0.1) is 0 Å². The van der Waals surface area contributed by atoms with Crippen molar-refractivity contribution in [3.05, 3.63) is 23.7 Å². The van der Waals surface area contributed by atoms with Crippen molar-refractivity contribution < 1.29 is 4.42 Å². The monoisotopic (exact) mass is 277 g/mol. The lowest BCUT2D eigenvalue weighted by atomic mass is 10.0. The fourth-order valence-electron chi connectivity index (χ4n) is 3.00. The van der Waals surface area contributed by atoms with E-state index in [0.29, 0.717) is 6.04 Å². The van der Waals surface area contributed by atoms with Crippen LogP contribution in [-0.4, -0.2) is 49.1 Å². The van der Waals surface area contributed by atoms with Gasteiger partial charge in [0.15, 0.2) is 0 Å². The summed E-state index contributed by atoms with van der Waals surface area (Å²) in [7, 11) is 4.37. The number of hydrogen-bond acceptors (Lipinski definition) is 4. The van der Waals surface area contributed by atoms with E-state index in [1.165, 1.54) is 37.8 Å². The summed E-state index contributed by atoms with van der Waals surface area (Å²) in [4.78, 5) is 4.89. The molecule has 2 heterocycles. The molecule has 1 aromatic heterocycles. The predicted molar refractivity (Wildman–Crippen MR) is 80.6 cm³/mol. The number of likely N-dealkylation sites (tertiary alicyclic amines) is 1. The van der Waals surface area contributed by atoms with Gasteiger partial charge in [-0.05, 0) is 52.4 Å². The Hall–Kier alpha value is -0.840. The van der Waals surface area contributed by atoms with Gasteiger partial charge in [-0.25, -0.2) is 0 Å². The third-order valence-electron chi connectivity index (χ3n) is 4.57. The maximum Gasteiger partial charge on any atom is 0.122 e. The molecule has 1 saturated heterocycles. The van der Waals surface area contributed by atoms with E-state index < -0.39 is 0 Å². The number of furan rings is 1. The molecule has 0 bridgehead atoms. The lowest BCUT2D eigenvalue weighted by Crippen LogP contribution is -2.44. The van der Waals surface area contributed by atoms with Gasteiger partial charge in [-0.3, -0.25) is 4.90 Å². The van der Waals surface area contributed by atoms with Crippen LogP contribution in [0.5, 0.6) is 0 Å². The molecule has 1 unspecified atom stereocenters. The van der Waals surface area contributed by atoms with Gasteiger partial charge in [0.05, 0.1) is 12.8 Å². The van der Waals surface area contributed by atoms with E-state index in [0.717, 1.165) is 31.4 Å². The molecule has 2 aliphatic rings. The minimum Gasteiger partial charge on any atom is -0.468 e.